The van der Waals surface area contributed by atoms with Crippen molar-refractivity contribution in [2.45, 2.75) is 6.18 Å². The van der Waals surface area contributed by atoms with Crippen LogP contribution in [0.3, 0.4) is 0 Å². The second-order valence-electron chi connectivity index (χ2n) is 5.83. The molecule has 9 heteroatoms. The molecule has 2 N–H and O–H groups in total. The van der Waals surface area contributed by atoms with E-state index in [1.165, 1.54) is 24.3 Å². The molecular formula is C20H13F5N2O2. The second kappa shape index (κ2) is 8.17. The topological polar surface area (TPSA) is 50.4 Å². The van der Waals surface area contributed by atoms with Crippen LogP contribution in [0.5, 0.6) is 11.5 Å². The number of benzene rings is 3. The maximum atomic E-state index is 13.7. The van der Waals surface area contributed by atoms with Gasteiger partial charge in [0.1, 0.15) is 17.4 Å². The summed E-state index contributed by atoms with van der Waals surface area (Å²) in [5.41, 5.74) is -1.00. The van der Waals surface area contributed by atoms with E-state index < -0.39 is 29.4 Å². The number of urea groups is 1. The Morgan fingerprint density at radius 2 is 1.55 bits per heavy atom. The number of para-hydroxylation sites is 2. The predicted molar refractivity (Wildman–Crippen MR) is 97.0 cm³/mol. The molecule has 29 heavy (non-hydrogen) atoms. The Labute approximate surface area is 161 Å². The van der Waals surface area contributed by atoms with Crippen molar-refractivity contribution in [1.82, 2.24) is 0 Å². The Bertz CT molecular complexity index is 1040. The van der Waals surface area contributed by atoms with Crippen molar-refractivity contribution in [2.75, 3.05) is 10.6 Å². The van der Waals surface area contributed by atoms with E-state index in [-0.39, 0.29) is 22.9 Å². The molecule has 150 valence electrons. The molecule has 0 aliphatic heterocycles. The van der Waals surface area contributed by atoms with Crippen molar-refractivity contribution in [3.63, 3.8) is 0 Å². The number of ether oxygens (including phenoxy) is 1. The summed E-state index contributed by atoms with van der Waals surface area (Å²) in [4.78, 5) is 12.1. The summed E-state index contributed by atoms with van der Waals surface area (Å²) >= 11 is 0. The van der Waals surface area contributed by atoms with E-state index >= 15 is 0 Å². The van der Waals surface area contributed by atoms with Gasteiger partial charge in [-0.05, 0) is 42.5 Å². The number of alkyl halides is 3. The van der Waals surface area contributed by atoms with Crippen molar-refractivity contribution in [3.05, 3.63) is 83.9 Å². The Morgan fingerprint density at radius 3 is 2.28 bits per heavy atom. The van der Waals surface area contributed by atoms with Gasteiger partial charge in [0.2, 0.25) is 0 Å². The molecule has 0 radical (unpaired) electrons. The van der Waals surface area contributed by atoms with Crippen LogP contribution in [0.2, 0.25) is 0 Å². The summed E-state index contributed by atoms with van der Waals surface area (Å²) in [5, 5.41) is 4.62. The zero-order chi connectivity index (χ0) is 21.0. The Balaban J connectivity index is 1.76. The number of hydrogen-bond acceptors (Lipinski definition) is 2. The summed E-state index contributed by atoms with van der Waals surface area (Å²) in [5.74, 6) is -1.78. The molecule has 0 atom stereocenters. The third-order valence-electron chi connectivity index (χ3n) is 3.70. The van der Waals surface area contributed by atoms with Gasteiger partial charge >= 0.3 is 12.2 Å². The minimum absolute atomic E-state index is 0.0709. The third kappa shape index (κ3) is 5.22. The molecule has 0 saturated heterocycles. The molecule has 2 amide bonds. The second-order valence-corrected chi connectivity index (χ2v) is 5.83. The number of rotatable bonds is 4. The number of anilines is 2. The van der Waals surface area contributed by atoms with E-state index in [9.17, 15) is 26.7 Å². The molecule has 0 aliphatic carbocycles. The quantitative estimate of drug-likeness (QED) is 0.490. The Morgan fingerprint density at radius 1 is 0.828 bits per heavy atom. The molecule has 4 nitrogen and oxygen atoms in total. The van der Waals surface area contributed by atoms with Crippen molar-refractivity contribution >= 4 is 17.4 Å². The molecule has 0 saturated carbocycles. The van der Waals surface area contributed by atoms with Crippen LogP contribution in [0, 0.1) is 11.6 Å². The van der Waals surface area contributed by atoms with Gasteiger partial charge in [0, 0.05) is 6.07 Å². The van der Waals surface area contributed by atoms with Gasteiger partial charge in [-0.2, -0.15) is 13.2 Å². The van der Waals surface area contributed by atoms with Crippen LogP contribution in [0.1, 0.15) is 5.56 Å². The molecule has 3 aromatic rings. The normalized spacial score (nSPS) is 11.1. The fraction of sp³-hybridized carbons (Fsp3) is 0.0500. The molecule has 0 aliphatic rings. The van der Waals surface area contributed by atoms with Crippen LogP contribution in [0.25, 0.3) is 0 Å². The summed E-state index contributed by atoms with van der Waals surface area (Å²) in [6.45, 7) is 0. The minimum Gasteiger partial charge on any atom is -0.455 e. The molecule has 0 fully saturated rings. The van der Waals surface area contributed by atoms with E-state index in [2.05, 4.69) is 10.6 Å². The van der Waals surface area contributed by atoms with E-state index in [4.69, 9.17) is 4.74 Å². The highest BCUT2D eigenvalue weighted by Crippen LogP contribution is 2.34. The van der Waals surface area contributed by atoms with Gasteiger partial charge in [-0.25, -0.2) is 13.6 Å². The number of nitrogens with one attached hydrogen (secondary N) is 2. The zero-order valence-corrected chi connectivity index (χ0v) is 14.6. The number of amides is 2. The van der Waals surface area contributed by atoms with Crippen LogP contribution >= 0.6 is 0 Å². The fourth-order valence-corrected chi connectivity index (χ4v) is 2.39. The van der Waals surface area contributed by atoms with Crippen molar-refractivity contribution in [2.24, 2.45) is 0 Å². The fourth-order valence-electron chi connectivity index (χ4n) is 2.39. The monoisotopic (exact) mass is 408 g/mol. The number of carbonyl (C=O) groups is 1. The van der Waals surface area contributed by atoms with Crippen LogP contribution < -0.4 is 15.4 Å². The minimum atomic E-state index is -4.53. The van der Waals surface area contributed by atoms with Gasteiger partial charge in [-0.15, -0.1) is 0 Å². The number of hydrogen-bond donors (Lipinski definition) is 2. The van der Waals surface area contributed by atoms with Gasteiger partial charge in [0.15, 0.2) is 5.75 Å². The molecular weight excluding hydrogens is 395 g/mol. The van der Waals surface area contributed by atoms with E-state index in [0.717, 1.165) is 24.3 Å². The lowest BCUT2D eigenvalue weighted by Crippen LogP contribution is -2.20. The average Bonchev–Trinajstić information content (AvgIpc) is 2.65. The zero-order valence-electron chi connectivity index (χ0n) is 14.6. The standard InChI is InChI=1S/C20H13F5N2O2/c21-13-8-9-16(15(22)11-13)26-19(28)27-17-6-1-2-7-18(17)29-14-5-3-4-12(10-14)20(23,24)25/h1-11H,(H2,26,27,28). The molecule has 3 rings (SSSR count). The predicted octanol–water partition coefficient (Wildman–Crippen LogP) is 6.42. The largest absolute Gasteiger partial charge is 0.455 e. The lowest BCUT2D eigenvalue weighted by molar-refractivity contribution is -0.137. The van der Waals surface area contributed by atoms with Crippen LogP contribution in [-0.2, 0) is 6.18 Å². The Hall–Kier alpha value is -3.62. The maximum absolute atomic E-state index is 13.7. The molecule has 0 heterocycles. The molecule has 3 aromatic carbocycles. The van der Waals surface area contributed by atoms with E-state index in [1.807, 2.05) is 0 Å². The first-order valence-electron chi connectivity index (χ1n) is 8.19. The summed E-state index contributed by atoms with van der Waals surface area (Å²) in [6.07, 6.45) is -4.53. The summed E-state index contributed by atoms with van der Waals surface area (Å²) in [6, 6.07) is 12.1. The molecule has 0 aromatic heterocycles. The summed E-state index contributed by atoms with van der Waals surface area (Å²) < 4.78 is 70.6. The van der Waals surface area contributed by atoms with Crippen molar-refractivity contribution in [3.8, 4) is 11.5 Å². The first-order valence-corrected chi connectivity index (χ1v) is 8.19. The first kappa shape index (κ1) is 20.1. The van der Waals surface area contributed by atoms with Gasteiger partial charge < -0.3 is 15.4 Å². The lowest BCUT2D eigenvalue weighted by atomic mass is 10.2. The summed E-state index contributed by atoms with van der Waals surface area (Å²) in [7, 11) is 0. The van der Waals surface area contributed by atoms with Gasteiger partial charge in [0.25, 0.3) is 0 Å². The van der Waals surface area contributed by atoms with Gasteiger partial charge in [-0.3, -0.25) is 0 Å². The SMILES string of the molecule is O=C(Nc1ccc(F)cc1F)Nc1ccccc1Oc1cccc(C(F)(F)F)c1. The highest BCUT2D eigenvalue weighted by atomic mass is 19.4. The van der Waals surface area contributed by atoms with E-state index in [1.54, 1.807) is 12.1 Å². The van der Waals surface area contributed by atoms with Gasteiger partial charge in [-0.1, -0.05) is 18.2 Å². The number of halogens is 5. The Kier molecular flexibility index (Phi) is 5.67. The van der Waals surface area contributed by atoms with Crippen LogP contribution in [0.15, 0.2) is 66.7 Å². The molecule has 0 unspecified atom stereocenters. The first-order chi connectivity index (χ1) is 13.7. The van der Waals surface area contributed by atoms with Crippen LogP contribution in [-0.4, -0.2) is 6.03 Å². The molecule has 0 spiro atoms. The van der Waals surface area contributed by atoms with E-state index in [0.29, 0.717) is 6.07 Å². The lowest BCUT2D eigenvalue weighted by Gasteiger charge is -2.14. The number of carbonyl (C=O) groups excluding carboxylic acids is 1. The maximum Gasteiger partial charge on any atom is 0.416 e. The third-order valence-corrected chi connectivity index (χ3v) is 3.70. The average molecular weight is 408 g/mol. The molecule has 0 bridgehead atoms. The smallest absolute Gasteiger partial charge is 0.416 e. The van der Waals surface area contributed by atoms with Crippen LogP contribution in [0.4, 0.5) is 38.1 Å². The van der Waals surface area contributed by atoms with Crippen molar-refractivity contribution < 1.29 is 31.5 Å². The highest BCUT2D eigenvalue weighted by molar-refractivity contribution is 6.00. The van der Waals surface area contributed by atoms with Crippen molar-refractivity contribution in [1.29, 1.82) is 0 Å². The highest BCUT2D eigenvalue weighted by Gasteiger charge is 2.30. The van der Waals surface area contributed by atoms with Gasteiger partial charge in [0.05, 0.1) is 16.9 Å².